The van der Waals surface area contributed by atoms with Crippen molar-refractivity contribution >= 4 is 23.2 Å². The van der Waals surface area contributed by atoms with E-state index in [0.29, 0.717) is 22.0 Å². The lowest BCUT2D eigenvalue weighted by atomic mass is 10.1. The van der Waals surface area contributed by atoms with Gasteiger partial charge in [0.05, 0.1) is 17.3 Å². The topological polar surface area (TPSA) is 74.5 Å². The van der Waals surface area contributed by atoms with Crippen LogP contribution in [0.2, 0.25) is 5.02 Å². The molecule has 6 heteroatoms. The van der Waals surface area contributed by atoms with E-state index in [9.17, 15) is 4.79 Å². The van der Waals surface area contributed by atoms with Crippen molar-refractivity contribution in [2.45, 2.75) is 6.92 Å². The fraction of sp³-hybridized carbons (Fsp3) is 0.118. The van der Waals surface area contributed by atoms with Gasteiger partial charge in [0, 0.05) is 5.02 Å². The molecule has 0 unspecified atom stereocenters. The smallest absolute Gasteiger partial charge is 0.277 e. The van der Waals surface area contributed by atoms with Crippen LogP contribution in [0.15, 0.2) is 53.6 Å². The predicted molar refractivity (Wildman–Crippen MR) is 88.5 cm³/mol. The van der Waals surface area contributed by atoms with Crippen molar-refractivity contribution in [1.29, 1.82) is 5.26 Å². The average molecular weight is 328 g/mol. The molecule has 0 aliphatic carbocycles. The molecular formula is C17H14ClN3O2. The van der Waals surface area contributed by atoms with Gasteiger partial charge in [-0.1, -0.05) is 23.7 Å². The predicted octanol–water partition coefficient (Wildman–Crippen LogP) is 3.13. The van der Waals surface area contributed by atoms with Crippen LogP contribution >= 0.6 is 11.6 Å². The minimum absolute atomic E-state index is 0.168. The van der Waals surface area contributed by atoms with Crippen molar-refractivity contribution in [2.75, 3.05) is 6.61 Å². The summed E-state index contributed by atoms with van der Waals surface area (Å²) in [5.74, 6) is 0.130. The van der Waals surface area contributed by atoms with Crippen molar-refractivity contribution in [3.63, 3.8) is 0 Å². The molecule has 0 heterocycles. The second-order valence-electron chi connectivity index (χ2n) is 4.67. The number of hydrogen-bond donors (Lipinski definition) is 1. The number of hydrogen-bond acceptors (Lipinski definition) is 4. The molecule has 0 fully saturated rings. The minimum Gasteiger partial charge on any atom is -0.484 e. The van der Waals surface area contributed by atoms with Gasteiger partial charge in [-0.2, -0.15) is 10.4 Å². The molecule has 0 radical (unpaired) electrons. The van der Waals surface area contributed by atoms with Gasteiger partial charge >= 0.3 is 0 Å². The van der Waals surface area contributed by atoms with Gasteiger partial charge in [-0.25, -0.2) is 5.43 Å². The highest BCUT2D eigenvalue weighted by atomic mass is 35.5. The molecule has 2 aromatic rings. The monoisotopic (exact) mass is 327 g/mol. The van der Waals surface area contributed by atoms with E-state index in [-0.39, 0.29) is 12.5 Å². The lowest BCUT2D eigenvalue weighted by Gasteiger charge is -2.06. The molecule has 5 nitrogen and oxygen atoms in total. The van der Waals surface area contributed by atoms with E-state index >= 15 is 0 Å². The Kier molecular flexibility index (Phi) is 5.73. The van der Waals surface area contributed by atoms with E-state index in [2.05, 4.69) is 10.5 Å². The largest absolute Gasteiger partial charge is 0.484 e. The Morgan fingerprint density at radius 2 is 2.04 bits per heavy atom. The first-order chi connectivity index (χ1) is 11.1. The van der Waals surface area contributed by atoms with Crippen molar-refractivity contribution in [2.24, 2.45) is 5.10 Å². The molecule has 1 amide bonds. The molecule has 0 atom stereocenters. The molecule has 23 heavy (non-hydrogen) atoms. The molecule has 0 aromatic heterocycles. The van der Waals surface area contributed by atoms with E-state index in [1.807, 2.05) is 18.2 Å². The Hall–Kier alpha value is -2.84. The first-order valence-electron chi connectivity index (χ1n) is 6.80. The number of nitrogens with one attached hydrogen (secondary N) is 1. The van der Waals surface area contributed by atoms with Gasteiger partial charge in [0.25, 0.3) is 5.91 Å². The maximum Gasteiger partial charge on any atom is 0.277 e. The Labute approximate surface area is 139 Å². The van der Waals surface area contributed by atoms with Crippen LogP contribution in [0.1, 0.15) is 18.1 Å². The van der Waals surface area contributed by atoms with Crippen molar-refractivity contribution in [3.05, 3.63) is 64.7 Å². The third-order valence-electron chi connectivity index (χ3n) is 2.94. The molecule has 0 spiro atoms. The standard InChI is InChI=1S/C17H14ClN3O2/c1-12(14-3-2-4-15(18)9-14)20-21-17(22)11-23-16-7-5-13(10-19)6-8-16/h2-9H,11H2,1H3,(H,21,22)/b20-12-. The minimum atomic E-state index is -0.379. The number of rotatable bonds is 5. The van der Waals surface area contributed by atoms with Crippen LogP contribution < -0.4 is 10.2 Å². The fourth-order valence-corrected chi connectivity index (χ4v) is 1.92. The zero-order valence-electron chi connectivity index (χ0n) is 12.4. The molecule has 0 saturated heterocycles. The Morgan fingerprint density at radius 1 is 1.30 bits per heavy atom. The normalized spacial score (nSPS) is 10.7. The lowest BCUT2D eigenvalue weighted by molar-refractivity contribution is -0.123. The summed E-state index contributed by atoms with van der Waals surface area (Å²) in [6.07, 6.45) is 0. The molecule has 1 N–H and O–H groups in total. The van der Waals surface area contributed by atoms with Crippen molar-refractivity contribution in [3.8, 4) is 11.8 Å². The maximum absolute atomic E-state index is 11.7. The van der Waals surface area contributed by atoms with Crippen LogP contribution in [0.3, 0.4) is 0 Å². The molecule has 116 valence electrons. The third kappa shape index (κ3) is 5.13. The van der Waals surface area contributed by atoms with Crippen LogP contribution in [0.5, 0.6) is 5.75 Å². The SMILES string of the molecule is C/C(=N/NC(=O)COc1ccc(C#N)cc1)c1cccc(Cl)c1. The molecule has 2 rings (SSSR count). The second-order valence-corrected chi connectivity index (χ2v) is 5.10. The van der Waals surface area contributed by atoms with E-state index in [1.165, 1.54) is 0 Å². The van der Waals surface area contributed by atoms with E-state index in [4.69, 9.17) is 21.6 Å². The Morgan fingerprint density at radius 3 is 2.70 bits per heavy atom. The maximum atomic E-state index is 11.7. The Bertz CT molecular complexity index is 764. The number of nitrogens with zero attached hydrogens (tertiary/aromatic N) is 2. The summed E-state index contributed by atoms with van der Waals surface area (Å²) in [5.41, 5.74) is 4.42. The molecular weight excluding hydrogens is 314 g/mol. The number of benzene rings is 2. The number of nitriles is 1. The quantitative estimate of drug-likeness (QED) is 0.677. The second kappa shape index (κ2) is 7.97. The summed E-state index contributed by atoms with van der Waals surface area (Å²) < 4.78 is 5.31. The number of carbonyl (C=O) groups is 1. The van der Waals surface area contributed by atoms with Crippen LogP contribution in [-0.2, 0) is 4.79 Å². The zero-order valence-corrected chi connectivity index (χ0v) is 13.2. The van der Waals surface area contributed by atoms with E-state index in [0.717, 1.165) is 5.56 Å². The summed E-state index contributed by atoms with van der Waals surface area (Å²) >= 11 is 5.91. The van der Waals surface area contributed by atoms with Crippen LogP contribution in [-0.4, -0.2) is 18.2 Å². The molecule has 0 aliphatic rings. The third-order valence-corrected chi connectivity index (χ3v) is 3.18. The van der Waals surface area contributed by atoms with Gasteiger partial charge in [-0.05, 0) is 48.9 Å². The summed E-state index contributed by atoms with van der Waals surface area (Å²) in [6.45, 7) is 1.60. The first-order valence-corrected chi connectivity index (χ1v) is 7.18. The molecule has 0 aliphatic heterocycles. The molecule has 2 aromatic carbocycles. The lowest BCUT2D eigenvalue weighted by Crippen LogP contribution is -2.25. The van der Waals surface area contributed by atoms with Gasteiger partial charge in [0.2, 0.25) is 0 Å². The van der Waals surface area contributed by atoms with Crippen molar-refractivity contribution in [1.82, 2.24) is 5.43 Å². The Balaban J connectivity index is 1.87. The number of hydrazone groups is 1. The zero-order chi connectivity index (χ0) is 16.7. The number of amides is 1. The van der Waals surface area contributed by atoms with Crippen LogP contribution in [0, 0.1) is 11.3 Å². The van der Waals surface area contributed by atoms with E-state index in [1.54, 1.807) is 43.3 Å². The first kappa shape index (κ1) is 16.5. The van der Waals surface area contributed by atoms with Gasteiger partial charge in [0.15, 0.2) is 6.61 Å². The van der Waals surface area contributed by atoms with Crippen LogP contribution in [0.4, 0.5) is 0 Å². The highest BCUT2D eigenvalue weighted by Gasteiger charge is 2.03. The fourth-order valence-electron chi connectivity index (χ4n) is 1.73. The highest BCUT2D eigenvalue weighted by Crippen LogP contribution is 2.12. The van der Waals surface area contributed by atoms with Gasteiger partial charge in [-0.15, -0.1) is 0 Å². The summed E-state index contributed by atoms with van der Waals surface area (Å²) in [4.78, 5) is 11.7. The van der Waals surface area contributed by atoms with Gasteiger partial charge in [0.1, 0.15) is 5.75 Å². The van der Waals surface area contributed by atoms with Gasteiger partial charge in [-0.3, -0.25) is 4.79 Å². The number of ether oxygens (including phenoxy) is 1. The summed E-state index contributed by atoms with van der Waals surface area (Å²) in [5, 5.41) is 13.3. The summed E-state index contributed by atoms with van der Waals surface area (Å²) in [7, 11) is 0. The average Bonchev–Trinajstić information content (AvgIpc) is 2.58. The van der Waals surface area contributed by atoms with Crippen LogP contribution in [0.25, 0.3) is 0 Å². The highest BCUT2D eigenvalue weighted by molar-refractivity contribution is 6.31. The van der Waals surface area contributed by atoms with Gasteiger partial charge < -0.3 is 4.74 Å². The molecule has 0 saturated carbocycles. The number of carbonyl (C=O) groups excluding carboxylic acids is 1. The summed E-state index contributed by atoms with van der Waals surface area (Å²) in [6, 6.07) is 15.7. The number of halogens is 1. The van der Waals surface area contributed by atoms with Crippen molar-refractivity contribution < 1.29 is 9.53 Å². The molecule has 0 bridgehead atoms. The van der Waals surface area contributed by atoms with E-state index < -0.39 is 0 Å².